The summed E-state index contributed by atoms with van der Waals surface area (Å²) in [6.07, 6.45) is 1.01. The molecule has 2 aromatic rings. The number of sulfonamides is 1. The van der Waals surface area contributed by atoms with E-state index in [1.165, 1.54) is 9.87 Å². The molecule has 0 spiro atoms. The predicted octanol–water partition coefficient (Wildman–Crippen LogP) is 3.69. The van der Waals surface area contributed by atoms with Crippen LogP contribution in [0.5, 0.6) is 5.75 Å². The minimum absolute atomic E-state index is 0.0487. The number of carbonyl (C=O) groups is 1. The van der Waals surface area contributed by atoms with Gasteiger partial charge in [-0.1, -0.05) is 47.5 Å². The standard InChI is InChI=1S/C23H29ClN2O4S/c1-17-7-8-22(18(2)15-17)30-14-11-25-23(27)19-9-12-26(13-10-19)31(28,29)16-20-5-3-4-6-21(20)24/h3-8,15,19H,9-14,16H2,1-2H3,(H,25,27). The highest BCUT2D eigenvalue weighted by molar-refractivity contribution is 7.88. The van der Waals surface area contributed by atoms with Crippen molar-refractivity contribution in [3.63, 3.8) is 0 Å². The summed E-state index contributed by atoms with van der Waals surface area (Å²) in [4.78, 5) is 12.5. The van der Waals surface area contributed by atoms with Crippen molar-refractivity contribution in [2.75, 3.05) is 26.2 Å². The molecule has 0 aliphatic carbocycles. The molecule has 168 valence electrons. The molecule has 3 rings (SSSR count). The highest BCUT2D eigenvalue weighted by Crippen LogP contribution is 2.24. The highest BCUT2D eigenvalue weighted by atomic mass is 35.5. The normalized spacial score (nSPS) is 15.6. The summed E-state index contributed by atoms with van der Waals surface area (Å²) in [6.45, 7) is 5.50. The second-order valence-electron chi connectivity index (χ2n) is 7.93. The number of hydrogen-bond acceptors (Lipinski definition) is 4. The molecule has 8 heteroatoms. The zero-order valence-electron chi connectivity index (χ0n) is 17.9. The molecule has 1 aliphatic heterocycles. The van der Waals surface area contributed by atoms with Crippen LogP contribution in [0, 0.1) is 19.8 Å². The van der Waals surface area contributed by atoms with E-state index < -0.39 is 10.0 Å². The zero-order valence-corrected chi connectivity index (χ0v) is 19.5. The fourth-order valence-corrected chi connectivity index (χ4v) is 5.62. The third-order valence-electron chi connectivity index (χ3n) is 5.50. The average Bonchev–Trinajstić information content (AvgIpc) is 2.74. The Kier molecular flexibility index (Phi) is 7.97. The van der Waals surface area contributed by atoms with E-state index in [1.54, 1.807) is 24.3 Å². The fraction of sp³-hybridized carbons (Fsp3) is 0.435. The van der Waals surface area contributed by atoms with Gasteiger partial charge in [0.15, 0.2) is 0 Å². The topological polar surface area (TPSA) is 75.7 Å². The van der Waals surface area contributed by atoms with E-state index in [-0.39, 0.29) is 17.6 Å². The predicted molar refractivity (Wildman–Crippen MR) is 123 cm³/mol. The van der Waals surface area contributed by atoms with Crippen LogP contribution in [-0.2, 0) is 20.6 Å². The summed E-state index contributed by atoms with van der Waals surface area (Å²) < 4.78 is 32.7. The molecule has 31 heavy (non-hydrogen) atoms. The molecule has 1 fully saturated rings. The van der Waals surface area contributed by atoms with Crippen molar-refractivity contribution in [3.05, 3.63) is 64.2 Å². The van der Waals surface area contributed by atoms with Gasteiger partial charge in [-0.15, -0.1) is 0 Å². The largest absolute Gasteiger partial charge is 0.491 e. The molecule has 0 radical (unpaired) electrons. The third kappa shape index (κ3) is 6.45. The van der Waals surface area contributed by atoms with Gasteiger partial charge in [0.1, 0.15) is 12.4 Å². The van der Waals surface area contributed by atoms with Crippen molar-refractivity contribution in [1.29, 1.82) is 0 Å². The van der Waals surface area contributed by atoms with Gasteiger partial charge in [0.05, 0.1) is 12.3 Å². The molecule has 0 saturated carbocycles. The van der Waals surface area contributed by atoms with Crippen LogP contribution in [0.1, 0.15) is 29.5 Å². The van der Waals surface area contributed by atoms with Crippen molar-refractivity contribution in [1.82, 2.24) is 9.62 Å². The first-order valence-corrected chi connectivity index (χ1v) is 12.4. The maximum atomic E-state index is 12.7. The molecule has 0 bridgehead atoms. The van der Waals surface area contributed by atoms with Gasteiger partial charge in [0, 0.05) is 24.0 Å². The van der Waals surface area contributed by atoms with Gasteiger partial charge in [-0.2, -0.15) is 0 Å². The van der Waals surface area contributed by atoms with Gasteiger partial charge in [0.25, 0.3) is 0 Å². The number of amides is 1. The Labute approximate surface area is 189 Å². The van der Waals surface area contributed by atoms with Gasteiger partial charge in [-0.25, -0.2) is 12.7 Å². The maximum Gasteiger partial charge on any atom is 0.223 e. The molecule has 1 N–H and O–H groups in total. The number of carbonyl (C=O) groups excluding carboxylic acids is 1. The quantitative estimate of drug-likeness (QED) is 0.604. The lowest BCUT2D eigenvalue weighted by atomic mass is 9.97. The number of aryl methyl sites for hydroxylation is 2. The van der Waals surface area contributed by atoms with Crippen LogP contribution in [-0.4, -0.2) is 44.9 Å². The lowest BCUT2D eigenvalue weighted by Gasteiger charge is -2.30. The number of nitrogens with one attached hydrogen (secondary N) is 1. The number of piperidine rings is 1. The van der Waals surface area contributed by atoms with E-state index in [4.69, 9.17) is 16.3 Å². The van der Waals surface area contributed by atoms with Crippen LogP contribution in [0.15, 0.2) is 42.5 Å². The van der Waals surface area contributed by atoms with Crippen molar-refractivity contribution < 1.29 is 17.9 Å². The molecule has 1 heterocycles. The lowest BCUT2D eigenvalue weighted by Crippen LogP contribution is -2.44. The lowest BCUT2D eigenvalue weighted by molar-refractivity contribution is -0.126. The van der Waals surface area contributed by atoms with Crippen LogP contribution in [0.3, 0.4) is 0 Å². The van der Waals surface area contributed by atoms with E-state index in [1.807, 2.05) is 26.0 Å². The Morgan fingerprint density at radius 1 is 1.16 bits per heavy atom. The van der Waals surface area contributed by atoms with Crippen molar-refractivity contribution >= 4 is 27.5 Å². The van der Waals surface area contributed by atoms with Gasteiger partial charge >= 0.3 is 0 Å². The number of nitrogens with zero attached hydrogens (tertiary/aromatic N) is 1. The molecule has 0 atom stereocenters. The number of ether oxygens (including phenoxy) is 1. The summed E-state index contributed by atoms with van der Waals surface area (Å²) in [5.41, 5.74) is 2.84. The molecular weight excluding hydrogens is 436 g/mol. The first-order valence-electron chi connectivity index (χ1n) is 10.5. The van der Waals surface area contributed by atoms with E-state index >= 15 is 0 Å². The van der Waals surface area contributed by atoms with Crippen LogP contribution in [0.25, 0.3) is 0 Å². The van der Waals surface area contributed by atoms with Crippen molar-refractivity contribution in [3.8, 4) is 5.75 Å². The monoisotopic (exact) mass is 464 g/mol. The van der Waals surface area contributed by atoms with Crippen molar-refractivity contribution in [2.45, 2.75) is 32.4 Å². The molecular formula is C23H29ClN2O4S. The summed E-state index contributed by atoms with van der Waals surface area (Å²) in [5, 5.41) is 3.35. The van der Waals surface area contributed by atoms with E-state index in [2.05, 4.69) is 11.4 Å². The van der Waals surface area contributed by atoms with Gasteiger partial charge in [0.2, 0.25) is 15.9 Å². The van der Waals surface area contributed by atoms with Crippen LogP contribution in [0.2, 0.25) is 5.02 Å². The molecule has 6 nitrogen and oxygen atoms in total. The average molecular weight is 465 g/mol. The minimum atomic E-state index is -3.47. The Morgan fingerprint density at radius 2 is 1.87 bits per heavy atom. The van der Waals surface area contributed by atoms with Crippen LogP contribution in [0.4, 0.5) is 0 Å². The number of benzene rings is 2. The van der Waals surface area contributed by atoms with Crippen molar-refractivity contribution in [2.24, 2.45) is 5.92 Å². The highest BCUT2D eigenvalue weighted by Gasteiger charge is 2.31. The number of rotatable bonds is 8. The van der Waals surface area contributed by atoms with E-state index in [0.717, 1.165) is 11.3 Å². The molecule has 0 unspecified atom stereocenters. The Hall–Kier alpha value is -2.09. The maximum absolute atomic E-state index is 12.7. The first kappa shape index (κ1) is 23.6. The smallest absolute Gasteiger partial charge is 0.223 e. The van der Waals surface area contributed by atoms with Crippen LogP contribution < -0.4 is 10.1 Å². The summed E-state index contributed by atoms with van der Waals surface area (Å²) >= 11 is 6.10. The zero-order chi connectivity index (χ0) is 22.4. The summed E-state index contributed by atoms with van der Waals surface area (Å²) in [6, 6.07) is 12.9. The van der Waals surface area contributed by atoms with Crippen LogP contribution >= 0.6 is 11.6 Å². The summed E-state index contributed by atoms with van der Waals surface area (Å²) in [5.74, 6) is 0.455. The molecule has 2 aromatic carbocycles. The van der Waals surface area contributed by atoms with E-state index in [9.17, 15) is 13.2 Å². The van der Waals surface area contributed by atoms with Gasteiger partial charge < -0.3 is 10.1 Å². The SMILES string of the molecule is Cc1ccc(OCCNC(=O)C2CCN(S(=O)(=O)Cc3ccccc3Cl)CC2)c(C)c1. The second kappa shape index (κ2) is 10.5. The van der Waals surface area contributed by atoms with Gasteiger partial charge in [-0.3, -0.25) is 4.79 Å². The molecule has 0 aromatic heterocycles. The third-order valence-corrected chi connectivity index (χ3v) is 7.70. The molecule has 1 aliphatic rings. The van der Waals surface area contributed by atoms with E-state index in [0.29, 0.717) is 49.7 Å². The molecule has 1 amide bonds. The van der Waals surface area contributed by atoms with Gasteiger partial charge in [-0.05, 0) is 49.9 Å². The first-order chi connectivity index (χ1) is 14.8. The fourth-order valence-electron chi connectivity index (χ4n) is 3.74. The summed E-state index contributed by atoms with van der Waals surface area (Å²) in [7, 11) is -3.47. The minimum Gasteiger partial charge on any atom is -0.491 e. The Morgan fingerprint density at radius 3 is 2.55 bits per heavy atom. The number of halogens is 1. The Balaban J connectivity index is 1.42. The second-order valence-corrected chi connectivity index (χ2v) is 10.3. The molecule has 1 saturated heterocycles. The number of hydrogen-bond donors (Lipinski definition) is 1. The Bertz CT molecular complexity index is 1020.